The molecule has 0 aliphatic carbocycles. The van der Waals surface area contributed by atoms with Crippen molar-refractivity contribution in [2.24, 2.45) is 0 Å². The lowest BCUT2D eigenvalue weighted by molar-refractivity contribution is 0.214. The molecule has 2 aromatic rings. The van der Waals surface area contributed by atoms with Crippen LogP contribution in [0.5, 0.6) is 5.75 Å². The van der Waals surface area contributed by atoms with Gasteiger partial charge in [-0.05, 0) is 80.8 Å². The van der Waals surface area contributed by atoms with Crippen LogP contribution in [-0.4, -0.2) is 36.3 Å². The maximum Gasteiger partial charge on any atom is 0.171 e. The van der Waals surface area contributed by atoms with Gasteiger partial charge in [0.05, 0.1) is 13.2 Å². The molecule has 2 atom stereocenters. The molecule has 1 saturated heterocycles. The summed E-state index contributed by atoms with van der Waals surface area (Å²) in [6.45, 7) is 4.53. The lowest BCUT2D eigenvalue weighted by Crippen LogP contribution is -2.45. The predicted molar refractivity (Wildman–Crippen MR) is 110 cm³/mol. The van der Waals surface area contributed by atoms with Gasteiger partial charge in [-0.1, -0.05) is 6.07 Å². The van der Waals surface area contributed by atoms with E-state index in [2.05, 4.69) is 40.0 Å². The number of anilines is 1. The van der Waals surface area contributed by atoms with E-state index < -0.39 is 0 Å². The van der Waals surface area contributed by atoms with E-state index in [0.29, 0.717) is 11.2 Å². The van der Waals surface area contributed by atoms with E-state index in [1.807, 2.05) is 35.6 Å². The van der Waals surface area contributed by atoms with E-state index >= 15 is 0 Å². The molecule has 6 heteroatoms. The maximum absolute atomic E-state index is 5.53. The van der Waals surface area contributed by atoms with Crippen molar-refractivity contribution in [2.45, 2.75) is 31.8 Å². The van der Waals surface area contributed by atoms with Crippen molar-refractivity contribution >= 4 is 34.4 Å². The van der Waals surface area contributed by atoms with Crippen LogP contribution in [0.15, 0.2) is 41.8 Å². The highest BCUT2D eigenvalue weighted by Crippen LogP contribution is 2.31. The summed E-state index contributed by atoms with van der Waals surface area (Å²) in [7, 11) is 1.67. The van der Waals surface area contributed by atoms with E-state index in [1.54, 1.807) is 7.11 Å². The Morgan fingerprint density at radius 2 is 1.92 bits per heavy atom. The number of hydrogen-bond acceptors (Lipinski definition) is 4. The first-order chi connectivity index (χ1) is 12.2. The summed E-state index contributed by atoms with van der Waals surface area (Å²) in [4.78, 5) is 3.97. The van der Waals surface area contributed by atoms with E-state index in [0.717, 1.165) is 24.5 Å². The largest absolute Gasteiger partial charge is 0.497 e. The monoisotopic (exact) mass is 375 g/mol. The molecule has 2 N–H and O–H groups in total. The minimum absolute atomic E-state index is 0.231. The third-order valence-electron chi connectivity index (χ3n) is 4.55. The van der Waals surface area contributed by atoms with Gasteiger partial charge in [0.25, 0.3) is 0 Å². The van der Waals surface area contributed by atoms with Crippen LogP contribution in [0.1, 0.15) is 30.7 Å². The molecular formula is C19H25N3OS2. The first-order valence-electron chi connectivity index (χ1n) is 8.66. The van der Waals surface area contributed by atoms with Crippen molar-refractivity contribution in [1.29, 1.82) is 0 Å². The average Bonchev–Trinajstić information content (AvgIpc) is 3.30. The van der Waals surface area contributed by atoms with Gasteiger partial charge in [-0.3, -0.25) is 4.90 Å². The molecule has 0 radical (unpaired) electrons. The van der Waals surface area contributed by atoms with E-state index in [4.69, 9.17) is 17.0 Å². The van der Waals surface area contributed by atoms with Gasteiger partial charge in [0, 0.05) is 16.6 Å². The zero-order valence-electron chi connectivity index (χ0n) is 14.7. The molecule has 1 aromatic heterocycles. The smallest absolute Gasteiger partial charge is 0.171 e. The Balaban J connectivity index is 1.63. The molecule has 0 unspecified atom stereocenters. The summed E-state index contributed by atoms with van der Waals surface area (Å²) in [5.74, 6) is 0.838. The van der Waals surface area contributed by atoms with Crippen LogP contribution in [-0.2, 0) is 0 Å². The lowest BCUT2D eigenvalue weighted by atomic mass is 10.1. The molecule has 1 aliphatic heterocycles. The fraction of sp³-hybridized carbons (Fsp3) is 0.421. The fourth-order valence-corrected chi connectivity index (χ4v) is 4.62. The number of ether oxygens (including phenoxy) is 1. The van der Waals surface area contributed by atoms with Gasteiger partial charge in [-0.2, -0.15) is 0 Å². The predicted octanol–water partition coefficient (Wildman–Crippen LogP) is 4.27. The lowest BCUT2D eigenvalue weighted by Gasteiger charge is -2.33. The van der Waals surface area contributed by atoms with Crippen LogP contribution in [0, 0.1) is 0 Å². The minimum atomic E-state index is 0.231. The first kappa shape index (κ1) is 18.2. The van der Waals surface area contributed by atoms with Gasteiger partial charge in [0.2, 0.25) is 0 Å². The van der Waals surface area contributed by atoms with Crippen LogP contribution in [0.4, 0.5) is 5.69 Å². The SMILES string of the molecule is COc1ccc(NC(=S)N[C@@H](C)[C@@H](c2cccs2)N2CCCC2)cc1. The van der Waals surface area contributed by atoms with Crippen LogP contribution in [0.2, 0.25) is 0 Å². The summed E-state index contributed by atoms with van der Waals surface area (Å²) in [6, 6.07) is 12.7. The molecule has 0 spiro atoms. The fourth-order valence-electron chi connectivity index (χ4n) is 3.35. The number of thiophene rings is 1. The van der Waals surface area contributed by atoms with Crippen LogP contribution in [0.3, 0.4) is 0 Å². The molecule has 3 rings (SSSR count). The Labute approximate surface area is 159 Å². The number of nitrogens with zero attached hydrogens (tertiary/aromatic N) is 1. The van der Waals surface area contributed by atoms with Gasteiger partial charge in [0.1, 0.15) is 5.75 Å². The summed E-state index contributed by atoms with van der Waals surface area (Å²) < 4.78 is 5.19. The Bertz CT molecular complexity index is 666. The van der Waals surface area contributed by atoms with Gasteiger partial charge in [0.15, 0.2) is 5.11 Å². The molecular weight excluding hydrogens is 350 g/mol. The quantitative estimate of drug-likeness (QED) is 0.738. The summed E-state index contributed by atoms with van der Waals surface area (Å²) in [6.07, 6.45) is 2.56. The normalized spacial score (nSPS) is 17.0. The minimum Gasteiger partial charge on any atom is -0.497 e. The molecule has 4 nitrogen and oxygen atoms in total. The molecule has 0 amide bonds. The second-order valence-electron chi connectivity index (χ2n) is 6.32. The van der Waals surface area contributed by atoms with Crippen LogP contribution < -0.4 is 15.4 Å². The highest BCUT2D eigenvalue weighted by atomic mass is 32.1. The highest BCUT2D eigenvalue weighted by molar-refractivity contribution is 7.80. The van der Waals surface area contributed by atoms with Crippen LogP contribution >= 0.6 is 23.6 Å². The van der Waals surface area contributed by atoms with E-state index in [9.17, 15) is 0 Å². The molecule has 0 saturated carbocycles. The molecule has 1 aliphatic rings. The number of thiocarbonyl (C=S) groups is 1. The number of methoxy groups -OCH3 is 1. The molecule has 1 fully saturated rings. The van der Waals surface area contributed by atoms with Crippen molar-refractivity contribution < 1.29 is 4.74 Å². The second kappa shape index (κ2) is 8.65. The summed E-state index contributed by atoms with van der Waals surface area (Å²) >= 11 is 7.35. The standard InChI is InChI=1S/C19H25N3OS2/c1-14(18(17-6-5-13-25-17)22-11-3-4-12-22)20-19(24)21-15-7-9-16(23-2)10-8-15/h5-10,13-14,18H,3-4,11-12H2,1-2H3,(H2,20,21,24)/t14-,18-/m0/s1. The zero-order valence-corrected chi connectivity index (χ0v) is 16.3. The van der Waals surface area contributed by atoms with Gasteiger partial charge < -0.3 is 15.4 Å². The zero-order chi connectivity index (χ0) is 17.6. The number of likely N-dealkylation sites (tertiary alicyclic amines) is 1. The first-order valence-corrected chi connectivity index (χ1v) is 9.95. The third kappa shape index (κ3) is 4.71. The van der Waals surface area contributed by atoms with Gasteiger partial charge in [-0.15, -0.1) is 11.3 Å². The average molecular weight is 376 g/mol. The number of benzene rings is 1. The summed E-state index contributed by atoms with van der Waals surface area (Å²) in [5, 5.41) is 9.54. The Morgan fingerprint density at radius 3 is 2.52 bits per heavy atom. The second-order valence-corrected chi connectivity index (χ2v) is 7.71. The molecule has 2 heterocycles. The van der Waals surface area contributed by atoms with Crippen molar-refractivity contribution in [3.63, 3.8) is 0 Å². The number of hydrogen-bond donors (Lipinski definition) is 2. The Kier molecular flexibility index (Phi) is 6.29. The van der Waals surface area contributed by atoms with E-state index in [1.165, 1.54) is 17.7 Å². The maximum atomic E-state index is 5.53. The number of nitrogens with one attached hydrogen (secondary N) is 2. The van der Waals surface area contributed by atoms with Crippen LogP contribution in [0.25, 0.3) is 0 Å². The summed E-state index contributed by atoms with van der Waals surface area (Å²) in [5.41, 5.74) is 0.958. The molecule has 134 valence electrons. The van der Waals surface area contributed by atoms with Crippen molar-refractivity contribution in [3.8, 4) is 5.75 Å². The topological polar surface area (TPSA) is 36.5 Å². The van der Waals surface area contributed by atoms with Gasteiger partial charge in [-0.25, -0.2) is 0 Å². The highest BCUT2D eigenvalue weighted by Gasteiger charge is 2.29. The third-order valence-corrected chi connectivity index (χ3v) is 5.71. The van der Waals surface area contributed by atoms with Crippen molar-refractivity contribution in [3.05, 3.63) is 46.7 Å². The molecule has 0 bridgehead atoms. The van der Waals surface area contributed by atoms with Crippen molar-refractivity contribution in [1.82, 2.24) is 10.2 Å². The molecule has 25 heavy (non-hydrogen) atoms. The molecule has 1 aromatic carbocycles. The van der Waals surface area contributed by atoms with E-state index in [-0.39, 0.29) is 6.04 Å². The van der Waals surface area contributed by atoms with Gasteiger partial charge >= 0.3 is 0 Å². The Morgan fingerprint density at radius 1 is 1.20 bits per heavy atom. The van der Waals surface area contributed by atoms with Crippen molar-refractivity contribution in [2.75, 3.05) is 25.5 Å². The Hall–Kier alpha value is -1.63. The number of rotatable bonds is 6.